The summed E-state index contributed by atoms with van der Waals surface area (Å²) >= 11 is 7.89. The van der Waals surface area contributed by atoms with Gasteiger partial charge in [0, 0.05) is 39.9 Å². The van der Waals surface area contributed by atoms with Gasteiger partial charge < -0.3 is 10.1 Å². The lowest BCUT2D eigenvalue weighted by atomic mass is 10.0. The van der Waals surface area contributed by atoms with Gasteiger partial charge in [-0.1, -0.05) is 23.2 Å². The second-order valence-corrected chi connectivity index (χ2v) is 8.27. The molecule has 0 aliphatic carbocycles. The number of anilines is 1. The molecule has 1 N–H and O–H groups in total. The quantitative estimate of drug-likeness (QED) is 0.639. The molecule has 144 valence electrons. The van der Waals surface area contributed by atoms with E-state index in [9.17, 15) is 4.79 Å². The zero-order valence-corrected chi connectivity index (χ0v) is 17.7. The molecule has 2 aromatic carbocycles. The van der Waals surface area contributed by atoms with Crippen LogP contribution in [0.25, 0.3) is 11.3 Å². The molecule has 1 aromatic heterocycles. The van der Waals surface area contributed by atoms with Gasteiger partial charge in [-0.15, -0.1) is 11.8 Å². The van der Waals surface area contributed by atoms with E-state index in [1.807, 2.05) is 20.0 Å². The molecule has 0 unspecified atom stereocenters. The summed E-state index contributed by atoms with van der Waals surface area (Å²) in [6.45, 7) is 3.95. The lowest BCUT2D eigenvalue weighted by Gasteiger charge is -2.18. The van der Waals surface area contributed by atoms with Crippen molar-refractivity contribution < 1.29 is 9.53 Å². The van der Waals surface area contributed by atoms with Gasteiger partial charge in [-0.2, -0.15) is 5.10 Å². The zero-order chi connectivity index (χ0) is 20.0. The zero-order valence-electron chi connectivity index (χ0n) is 16.1. The first-order valence-corrected chi connectivity index (χ1v) is 10.2. The number of methoxy groups -OCH3 is 1. The van der Waals surface area contributed by atoms with Crippen molar-refractivity contribution >= 4 is 35.0 Å². The summed E-state index contributed by atoms with van der Waals surface area (Å²) in [6, 6.07) is 9.90. The average Bonchev–Trinajstić information content (AvgIpc) is 3.01. The largest absolute Gasteiger partial charge is 0.495 e. The lowest BCUT2D eigenvalue weighted by Crippen LogP contribution is -2.15. The maximum absolute atomic E-state index is 13.1. The Labute approximate surface area is 173 Å². The summed E-state index contributed by atoms with van der Waals surface area (Å²) in [4.78, 5) is 14.3. The van der Waals surface area contributed by atoms with E-state index in [-0.39, 0.29) is 5.91 Å². The van der Waals surface area contributed by atoms with E-state index in [4.69, 9.17) is 16.3 Å². The third-order valence-electron chi connectivity index (χ3n) is 4.85. The highest BCUT2D eigenvalue weighted by Crippen LogP contribution is 2.43. The van der Waals surface area contributed by atoms with Crippen LogP contribution in [0.4, 0.5) is 5.69 Å². The summed E-state index contributed by atoms with van der Waals surface area (Å²) < 4.78 is 7.16. The van der Waals surface area contributed by atoms with Crippen LogP contribution in [0, 0.1) is 13.8 Å². The Morgan fingerprint density at radius 3 is 2.82 bits per heavy atom. The molecule has 0 saturated carbocycles. The molecule has 0 fully saturated rings. The van der Waals surface area contributed by atoms with Gasteiger partial charge in [0.1, 0.15) is 5.75 Å². The van der Waals surface area contributed by atoms with Crippen LogP contribution in [0.1, 0.15) is 27.2 Å². The van der Waals surface area contributed by atoms with E-state index in [1.165, 1.54) is 10.5 Å². The summed E-state index contributed by atoms with van der Waals surface area (Å²) in [5, 5.41) is 8.06. The molecule has 1 amide bonds. The van der Waals surface area contributed by atoms with Crippen molar-refractivity contribution in [2.45, 2.75) is 24.5 Å². The minimum absolute atomic E-state index is 0.256. The number of aryl methyl sites for hydroxylation is 3. The van der Waals surface area contributed by atoms with Crippen LogP contribution in [0.5, 0.6) is 5.75 Å². The number of hydrogen-bond acceptors (Lipinski definition) is 4. The number of ether oxygens (including phenoxy) is 1. The van der Waals surface area contributed by atoms with Gasteiger partial charge in [0.25, 0.3) is 5.91 Å². The van der Waals surface area contributed by atoms with Crippen molar-refractivity contribution in [1.29, 1.82) is 0 Å². The summed E-state index contributed by atoms with van der Waals surface area (Å²) in [5.74, 6) is 0.969. The molecule has 0 bridgehead atoms. The first-order valence-electron chi connectivity index (χ1n) is 8.84. The Kier molecular flexibility index (Phi) is 4.85. The van der Waals surface area contributed by atoms with Crippen molar-refractivity contribution in [1.82, 2.24) is 9.78 Å². The first kappa shape index (κ1) is 18.9. The molecule has 0 saturated heterocycles. The van der Waals surface area contributed by atoms with Crippen LogP contribution >= 0.6 is 23.4 Å². The summed E-state index contributed by atoms with van der Waals surface area (Å²) in [5.41, 5.74) is 6.14. The molecular formula is C21H20ClN3O2S. The van der Waals surface area contributed by atoms with Crippen molar-refractivity contribution in [3.63, 3.8) is 0 Å². The highest BCUT2D eigenvalue weighted by Gasteiger charge is 2.28. The Bertz CT molecular complexity index is 1110. The molecule has 0 radical (unpaired) electrons. The fourth-order valence-electron chi connectivity index (χ4n) is 3.44. The third kappa shape index (κ3) is 3.16. The van der Waals surface area contributed by atoms with E-state index >= 15 is 0 Å². The maximum atomic E-state index is 13.1. The lowest BCUT2D eigenvalue weighted by molar-refractivity contribution is 0.102. The minimum Gasteiger partial charge on any atom is -0.495 e. The Balaban J connectivity index is 1.74. The van der Waals surface area contributed by atoms with Gasteiger partial charge in [-0.05, 0) is 37.6 Å². The number of halogens is 1. The topological polar surface area (TPSA) is 56.1 Å². The smallest absolute Gasteiger partial charge is 0.276 e. The van der Waals surface area contributed by atoms with Crippen molar-refractivity contribution in [2.24, 2.45) is 7.05 Å². The number of rotatable bonds is 3. The molecule has 7 heteroatoms. The highest BCUT2D eigenvalue weighted by atomic mass is 35.5. The SMILES string of the molecule is COc1cc(Cl)c(C)cc1NC(=O)c1nn(C)c2c1CSc1ccc(C)cc1-2. The Hall–Kier alpha value is -2.44. The molecular weight excluding hydrogens is 394 g/mol. The van der Waals surface area contributed by atoms with Gasteiger partial charge in [-0.25, -0.2) is 0 Å². The van der Waals surface area contributed by atoms with Crippen LogP contribution in [0.15, 0.2) is 35.2 Å². The van der Waals surface area contributed by atoms with E-state index in [2.05, 4.69) is 35.5 Å². The molecule has 3 aromatic rings. The number of carbonyl (C=O) groups is 1. The van der Waals surface area contributed by atoms with Crippen LogP contribution in [0.3, 0.4) is 0 Å². The number of nitrogens with one attached hydrogen (secondary N) is 1. The maximum Gasteiger partial charge on any atom is 0.276 e. The molecule has 5 nitrogen and oxygen atoms in total. The number of fused-ring (bicyclic) bond motifs is 3. The van der Waals surface area contributed by atoms with Gasteiger partial charge >= 0.3 is 0 Å². The van der Waals surface area contributed by atoms with Crippen LogP contribution in [-0.4, -0.2) is 22.8 Å². The standard InChI is InChI=1S/C21H20ClN3O2S/c1-11-5-6-18-13(7-11)20-14(10-28-18)19(24-25(20)3)21(26)23-16-8-12(2)15(22)9-17(16)27-4/h5-9H,10H2,1-4H3,(H,23,26). The van der Waals surface area contributed by atoms with Gasteiger partial charge in [-0.3, -0.25) is 9.48 Å². The number of thioether (sulfide) groups is 1. The predicted octanol–water partition coefficient (Wildman–Crippen LogP) is 5.22. The van der Waals surface area contributed by atoms with E-state index in [0.717, 1.165) is 22.4 Å². The molecule has 2 heterocycles. The number of carbonyl (C=O) groups excluding carboxylic acids is 1. The van der Waals surface area contributed by atoms with Crippen LogP contribution in [-0.2, 0) is 12.8 Å². The van der Waals surface area contributed by atoms with Crippen LogP contribution < -0.4 is 10.1 Å². The summed E-state index contributed by atoms with van der Waals surface area (Å²) in [7, 11) is 3.43. The number of nitrogens with zero attached hydrogens (tertiary/aromatic N) is 2. The van der Waals surface area contributed by atoms with Crippen LogP contribution in [0.2, 0.25) is 5.02 Å². The highest BCUT2D eigenvalue weighted by molar-refractivity contribution is 7.98. The fourth-order valence-corrected chi connectivity index (χ4v) is 4.64. The van der Waals surface area contributed by atoms with Crippen molar-refractivity contribution in [3.05, 3.63) is 57.7 Å². The first-order chi connectivity index (χ1) is 13.4. The molecule has 1 aliphatic rings. The van der Waals surface area contributed by atoms with Crippen molar-refractivity contribution in [2.75, 3.05) is 12.4 Å². The third-order valence-corrected chi connectivity index (χ3v) is 6.36. The molecule has 0 spiro atoms. The average molecular weight is 414 g/mol. The number of amides is 1. The number of hydrogen-bond donors (Lipinski definition) is 1. The monoisotopic (exact) mass is 413 g/mol. The number of aromatic nitrogens is 2. The fraction of sp³-hybridized carbons (Fsp3) is 0.238. The second kappa shape index (κ2) is 7.18. The normalized spacial score (nSPS) is 12.3. The Morgan fingerprint density at radius 1 is 1.29 bits per heavy atom. The summed E-state index contributed by atoms with van der Waals surface area (Å²) in [6.07, 6.45) is 0. The van der Waals surface area contributed by atoms with Gasteiger partial charge in [0.2, 0.25) is 0 Å². The molecule has 4 rings (SSSR count). The van der Waals surface area contributed by atoms with E-state index in [0.29, 0.717) is 27.9 Å². The predicted molar refractivity (Wildman–Crippen MR) is 114 cm³/mol. The second-order valence-electron chi connectivity index (χ2n) is 6.84. The molecule has 28 heavy (non-hydrogen) atoms. The van der Waals surface area contributed by atoms with Gasteiger partial charge in [0.05, 0.1) is 18.5 Å². The molecule has 1 aliphatic heterocycles. The Morgan fingerprint density at radius 2 is 2.07 bits per heavy atom. The van der Waals surface area contributed by atoms with Crippen molar-refractivity contribution in [3.8, 4) is 17.0 Å². The van der Waals surface area contributed by atoms with E-state index in [1.54, 1.807) is 29.6 Å². The van der Waals surface area contributed by atoms with Gasteiger partial charge in [0.15, 0.2) is 5.69 Å². The minimum atomic E-state index is -0.256. The molecule has 0 atom stereocenters. The van der Waals surface area contributed by atoms with E-state index < -0.39 is 0 Å². The number of benzene rings is 2.